The molecule has 0 fully saturated rings. The molecule has 0 atom stereocenters. The fourth-order valence-corrected chi connectivity index (χ4v) is 2.33. The number of carbonyl (C=O) groups excluding carboxylic acids is 1. The molecular weight excluding hydrogens is 300 g/mol. The van der Waals surface area contributed by atoms with Crippen LogP contribution in [-0.4, -0.2) is 28.2 Å². The highest BCUT2D eigenvalue weighted by atomic mass is 35.5. The Morgan fingerprint density at radius 2 is 2.05 bits per heavy atom. The van der Waals surface area contributed by atoms with Gasteiger partial charge in [0.15, 0.2) is 0 Å². The van der Waals surface area contributed by atoms with Crippen molar-refractivity contribution in [1.82, 2.24) is 15.5 Å². The van der Waals surface area contributed by atoms with Gasteiger partial charge in [-0.2, -0.15) is 5.10 Å². The van der Waals surface area contributed by atoms with Crippen molar-refractivity contribution in [3.8, 4) is 11.3 Å². The molecule has 4 N–H and O–H groups in total. The van der Waals surface area contributed by atoms with Gasteiger partial charge in [0.2, 0.25) is 0 Å². The molecule has 118 valence electrons. The topological polar surface area (TPSA) is 83.8 Å². The van der Waals surface area contributed by atoms with Crippen molar-refractivity contribution >= 4 is 17.5 Å². The quantitative estimate of drug-likeness (QED) is 0.765. The maximum absolute atomic E-state index is 12.2. The molecule has 0 saturated heterocycles. The third-order valence-corrected chi connectivity index (χ3v) is 4.31. The van der Waals surface area contributed by atoms with Crippen molar-refractivity contribution in [2.75, 3.05) is 6.54 Å². The molecule has 1 aromatic heterocycles. The summed E-state index contributed by atoms with van der Waals surface area (Å²) in [4.78, 5) is 12.2. The van der Waals surface area contributed by atoms with Crippen LogP contribution in [0.1, 0.15) is 37.2 Å². The minimum absolute atomic E-state index is 0.220. The lowest BCUT2D eigenvalue weighted by molar-refractivity contribution is 0.0937. The number of hydrogen-bond acceptors (Lipinski definition) is 3. The third kappa shape index (κ3) is 3.67. The Hall–Kier alpha value is -1.85. The molecule has 0 aliphatic carbocycles. The highest BCUT2D eigenvalue weighted by molar-refractivity contribution is 6.33. The van der Waals surface area contributed by atoms with Gasteiger partial charge in [-0.1, -0.05) is 43.6 Å². The Bertz CT molecular complexity index is 649. The van der Waals surface area contributed by atoms with E-state index in [9.17, 15) is 4.79 Å². The Labute approximate surface area is 135 Å². The first-order valence-corrected chi connectivity index (χ1v) is 7.74. The van der Waals surface area contributed by atoms with Gasteiger partial charge < -0.3 is 11.1 Å². The van der Waals surface area contributed by atoms with Crippen LogP contribution in [0, 0.1) is 0 Å². The van der Waals surface area contributed by atoms with Crippen LogP contribution in [0.5, 0.6) is 0 Å². The highest BCUT2D eigenvalue weighted by Crippen LogP contribution is 2.26. The molecule has 0 unspecified atom stereocenters. The summed E-state index contributed by atoms with van der Waals surface area (Å²) in [6.07, 6.45) is 1.61. The molecule has 1 aromatic carbocycles. The number of halogens is 1. The smallest absolute Gasteiger partial charge is 0.269 e. The molecule has 1 heterocycles. The Kier molecular flexibility index (Phi) is 5.21. The summed E-state index contributed by atoms with van der Waals surface area (Å²) >= 11 is 6.14. The van der Waals surface area contributed by atoms with Crippen LogP contribution in [0.2, 0.25) is 5.02 Å². The zero-order valence-corrected chi connectivity index (χ0v) is 13.6. The Balaban J connectivity index is 2.08. The molecule has 5 nitrogen and oxygen atoms in total. The lowest BCUT2D eigenvalue weighted by atomic mass is 9.94. The van der Waals surface area contributed by atoms with Crippen LogP contribution in [-0.2, 0) is 0 Å². The molecule has 1 amide bonds. The average molecular weight is 321 g/mol. The molecule has 0 spiro atoms. The summed E-state index contributed by atoms with van der Waals surface area (Å²) in [5.41, 5.74) is 7.63. The third-order valence-electron chi connectivity index (χ3n) is 3.98. The molecule has 0 radical (unpaired) electrons. The number of carbonyl (C=O) groups is 1. The van der Waals surface area contributed by atoms with Crippen LogP contribution in [0.4, 0.5) is 0 Å². The van der Waals surface area contributed by atoms with E-state index in [-0.39, 0.29) is 11.4 Å². The van der Waals surface area contributed by atoms with E-state index < -0.39 is 0 Å². The Morgan fingerprint density at radius 1 is 1.36 bits per heavy atom. The first-order valence-electron chi connectivity index (χ1n) is 7.36. The maximum Gasteiger partial charge on any atom is 0.269 e. The minimum Gasteiger partial charge on any atom is -0.349 e. The average Bonchev–Trinajstić information content (AvgIpc) is 3.02. The van der Waals surface area contributed by atoms with Crippen molar-refractivity contribution in [3.63, 3.8) is 0 Å². The first-order chi connectivity index (χ1) is 10.5. The van der Waals surface area contributed by atoms with E-state index in [4.69, 9.17) is 17.3 Å². The molecule has 0 bridgehead atoms. The van der Waals surface area contributed by atoms with Crippen molar-refractivity contribution < 1.29 is 4.79 Å². The summed E-state index contributed by atoms with van der Waals surface area (Å²) in [5.74, 6) is -0.220. The van der Waals surface area contributed by atoms with E-state index in [0.717, 1.165) is 18.4 Å². The number of hydrogen-bond donors (Lipinski definition) is 3. The van der Waals surface area contributed by atoms with Crippen molar-refractivity contribution in [3.05, 3.63) is 41.0 Å². The van der Waals surface area contributed by atoms with Gasteiger partial charge >= 0.3 is 0 Å². The van der Waals surface area contributed by atoms with Crippen molar-refractivity contribution in [2.24, 2.45) is 5.73 Å². The number of H-pyrrole nitrogens is 1. The molecule has 2 aromatic rings. The second-order valence-electron chi connectivity index (χ2n) is 5.40. The molecule has 0 aliphatic rings. The van der Waals surface area contributed by atoms with E-state index in [1.165, 1.54) is 0 Å². The summed E-state index contributed by atoms with van der Waals surface area (Å²) in [5, 5.41) is 10.3. The normalized spacial score (nSPS) is 11.5. The fourth-order valence-electron chi connectivity index (χ4n) is 2.10. The number of aromatic nitrogens is 2. The second kappa shape index (κ2) is 6.94. The van der Waals surface area contributed by atoms with Crippen molar-refractivity contribution in [2.45, 2.75) is 32.2 Å². The van der Waals surface area contributed by atoms with E-state index in [0.29, 0.717) is 23.0 Å². The van der Waals surface area contributed by atoms with E-state index >= 15 is 0 Å². The van der Waals surface area contributed by atoms with Gasteiger partial charge in [-0.25, -0.2) is 0 Å². The summed E-state index contributed by atoms with van der Waals surface area (Å²) in [6, 6.07) is 9.06. The number of nitrogens with zero attached hydrogens (tertiary/aromatic N) is 1. The Morgan fingerprint density at radius 3 is 2.68 bits per heavy atom. The van der Waals surface area contributed by atoms with Crippen LogP contribution >= 0.6 is 11.6 Å². The molecule has 2 rings (SSSR count). The maximum atomic E-state index is 12.2. The van der Waals surface area contributed by atoms with E-state index in [2.05, 4.69) is 15.5 Å². The highest BCUT2D eigenvalue weighted by Gasteiger charge is 2.22. The first kappa shape index (κ1) is 16.5. The SMILES string of the molecule is CCC(N)(CC)CNC(=O)c1cc(-c2ccccc2Cl)n[nH]1. The van der Waals surface area contributed by atoms with Gasteiger partial charge in [0.25, 0.3) is 5.91 Å². The van der Waals surface area contributed by atoms with Crippen molar-refractivity contribution in [1.29, 1.82) is 0 Å². The monoisotopic (exact) mass is 320 g/mol. The molecular formula is C16H21ClN4O. The number of aromatic amines is 1. The number of amides is 1. The lowest BCUT2D eigenvalue weighted by Crippen LogP contribution is -2.49. The van der Waals surface area contributed by atoms with Crippen LogP contribution in [0.15, 0.2) is 30.3 Å². The molecule has 0 saturated carbocycles. The molecule has 22 heavy (non-hydrogen) atoms. The zero-order chi connectivity index (χ0) is 16.2. The van der Waals surface area contributed by atoms with Gasteiger partial charge in [-0.3, -0.25) is 9.89 Å². The van der Waals surface area contributed by atoms with Gasteiger partial charge in [-0.05, 0) is 25.0 Å². The standard InChI is InChI=1S/C16H21ClN4O/c1-3-16(18,4-2)10-19-15(22)14-9-13(20-21-14)11-7-5-6-8-12(11)17/h5-9H,3-4,10,18H2,1-2H3,(H,19,22)(H,20,21). The summed E-state index contributed by atoms with van der Waals surface area (Å²) in [7, 11) is 0. The van der Waals surface area contributed by atoms with Crippen LogP contribution in [0.3, 0.4) is 0 Å². The predicted molar refractivity (Wildman–Crippen MR) is 88.9 cm³/mol. The van der Waals surface area contributed by atoms with Gasteiger partial charge in [-0.15, -0.1) is 0 Å². The van der Waals surface area contributed by atoms with Crippen LogP contribution in [0.25, 0.3) is 11.3 Å². The van der Waals surface area contributed by atoms with E-state index in [1.807, 2.05) is 32.0 Å². The van der Waals surface area contributed by atoms with Gasteiger partial charge in [0.05, 0.1) is 10.7 Å². The fraction of sp³-hybridized carbons (Fsp3) is 0.375. The second-order valence-corrected chi connectivity index (χ2v) is 5.81. The lowest BCUT2D eigenvalue weighted by Gasteiger charge is -2.26. The number of nitrogens with one attached hydrogen (secondary N) is 2. The predicted octanol–water partition coefficient (Wildman–Crippen LogP) is 2.98. The summed E-state index contributed by atoms with van der Waals surface area (Å²) in [6.45, 7) is 4.46. The molecule has 6 heteroatoms. The largest absolute Gasteiger partial charge is 0.349 e. The van der Waals surface area contributed by atoms with Crippen LogP contribution < -0.4 is 11.1 Å². The summed E-state index contributed by atoms with van der Waals surface area (Å²) < 4.78 is 0. The number of rotatable bonds is 6. The van der Waals surface area contributed by atoms with E-state index in [1.54, 1.807) is 12.1 Å². The number of nitrogens with two attached hydrogens (primary N) is 1. The van der Waals surface area contributed by atoms with Gasteiger partial charge in [0.1, 0.15) is 5.69 Å². The molecule has 0 aliphatic heterocycles. The minimum atomic E-state index is -0.374. The van der Waals surface area contributed by atoms with Gasteiger partial charge in [0, 0.05) is 17.6 Å². The number of benzene rings is 1. The zero-order valence-electron chi connectivity index (χ0n) is 12.8.